The number of nitrogens with zero attached hydrogens (tertiary/aromatic N) is 1. The van der Waals surface area contributed by atoms with Crippen LogP contribution >= 0.6 is 0 Å². The molecule has 1 N–H and O–H groups in total. The van der Waals surface area contributed by atoms with E-state index >= 15 is 0 Å². The third-order valence-corrected chi connectivity index (χ3v) is 4.37. The van der Waals surface area contributed by atoms with Crippen LogP contribution < -0.4 is 0 Å². The first-order chi connectivity index (χ1) is 9.51. The van der Waals surface area contributed by atoms with Gasteiger partial charge in [0.1, 0.15) is 0 Å². The number of hydrogen-bond acceptors (Lipinski definition) is 3. The molecule has 1 saturated heterocycles. The second kappa shape index (κ2) is 6.51. The van der Waals surface area contributed by atoms with Crippen LogP contribution in [0.5, 0.6) is 0 Å². The van der Waals surface area contributed by atoms with Crippen LogP contribution in [0.1, 0.15) is 39.9 Å². The molecule has 1 fully saturated rings. The van der Waals surface area contributed by atoms with Crippen LogP contribution in [0.4, 0.5) is 0 Å². The molecule has 1 heterocycles. The minimum absolute atomic E-state index is 0.198. The second-order valence-electron chi connectivity index (χ2n) is 6.10. The van der Waals surface area contributed by atoms with E-state index in [4.69, 9.17) is 0 Å². The topological polar surface area (TPSA) is 40.5 Å². The summed E-state index contributed by atoms with van der Waals surface area (Å²) in [5.74, 6) is 0.529. The molecular weight excluding hydrogens is 250 g/mol. The molecule has 1 aliphatic heterocycles. The summed E-state index contributed by atoms with van der Waals surface area (Å²) in [5.41, 5.74) is 4.32. The highest BCUT2D eigenvalue weighted by molar-refractivity contribution is 5.99. The van der Waals surface area contributed by atoms with Gasteiger partial charge in [-0.15, -0.1) is 0 Å². The summed E-state index contributed by atoms with van der Waals surface area (Å²) in [4.78, 5) is 14.7. The average molecular weight is 275 g/mol. The summed E-state index contributed by atoms with van der Waals surface area (Å²) in [7, 11) is 0. The van der Waals surface area contributed by atoms with Crippen molar-refractivity contribution in [2.24, 2.45) is 5.92 Å². The molecular formula is C17H25NO2. The van der Waals surface area contributed by atoms with Crippen LogP contribution in [0.15, 0.2) is 12.1 Å². The molecule has 110 valence electrons. The van der Waals surface area contributed by atoms with Gasteiger partial charge in [-0.2, -0.15) is 0 Å². The van der Waals surface area contributed by atoms with Gasteiger partial charge < -0.3 is 5.11 Å². The molecule has 1 aromatic carbocycles. The van der Waals surface area contributed by atoms with Crippen molar-refractivity contribution in [1.82, 2.24) is 4.90 Å². The van der Waals surface area contributed by atoms with Crippen LogP contribution in [0.3, 0.4) is 0 Å². The van der Waals surface area contributed by atoms with E-state index in [0.717, 1.165) is 37.1 Å². The number of piperidine rings is 1. The molecule has 2 rings (SSSR count). The second-order valence-corrected chi connectivity index (χ2v) is 6.10. The van der Waals surface area contributed by atoms with E-state index in [-0.39, 0.29) is 12.4 Å². The van der Waals surface area contributed by atoms with Gasteiger partial charge in [0.05, 0.1) is 6.54 Å². The van der Waals surface area contributed by atoms with Crippen LogP contribution in [-0.4, -0.2) is 42.0 Å². The van der Waals surface area contributed by atoms with E-state index in [0.29, 0.717) is 12.5 Å². The first-order valence-corrected chi connectivity index (χ1v) is 7.45. The fraction of sp³-hybridized carbons (Fsp3) is 0.588. The van der Waals surface area contributed by atoms with Crippen LogP contribution in [-0.2, 0) is 0 Å². The molecule has 1 unspecified atom stereocenters. The molecule has 1 atom stereocenters. The number of ketones is 1. The number of Topliss-reactive ketones (excluding diaryl/α,β-unsaturated/α-hetero) is 1. The van der Waals surface area contributed by atoms with Gasteiger partial charge in [-0.3, -0.25) is 9.69 Å². The van der Waals surface area contributed by atoms with Gasteiger partial charge in [0, 0.05) is 18.7 Å². The summed E-state index contributed by atoms with van der Waals surface area (Å²) >= 11 is 0. The van der Waals surface area contributed by atoms with Crippen molar-refractivity contribution >= 4 is 5.78 Å². The minimum Gasteiger partial charge on any atom is -0.396 e. The number of hydrogen-bond donors (Lipinski definition) is 1. The minimum atomic E-state index is 0.198. The maximum atomic E-state index is 12.5. The number of rotatable bonds is 4. The van der Waals surface area contributed by atoms with E-state index in [1.54, 1.807) is 0 Å². The molecule has 0 aromatic heterocycles. The smallest absolute Gasteiger partial charge is 0.177 e. The number of carbonyl (C=O) groups is 1. The highest BCUT2D eigenvalue weighted by Gasteiger charge is 2.22. The van der Waals surface area contributed by atoms with Gasteiger partial charge in [0.15, 0.2) is 5.78 Å². The molecule has 0 spiro atoms. The van der Waals surface area contributed by atoms with Crippen molar-refractivity contribution in [2.75, 3.05) is 26.2 Å². The summed E-state index contributed by atoms with van der Waals surface area (Å²) < 4.78 is 0. The lowest BCUT2D eigenvalue weighted by atomic mass is 9.96. The standard InChI is InChI=1S/C17H25NO2/c1-12-7-14(3)16(8-13(12)2)17(20)10-18-6-4-5-15(9-18)11-19/h7-8,15,19H,4-6,9-11H2,1-3H3. The number of benzene rings is 1. The molecule has 0 radical (unpaired) electrons. The first-order valence-electron chi connectivity index (χ1n) is 7.45. The van der Waals surface area contributed by atoms with Crippen molar-refractivity contribution in [3.8, 4) is 0 Å². The number of likely N-dealkylation sites (tertiary alicyclic amines) is 1. The SMILES string of the molecule is Cc1cc(C)c(C(=O)CN2CCCC(CO)C2)cc1C. The Hall–Kier alpha value is -1.19. The van der Waals surface area contributed by atoms with Crippen molar-refractivity contribution in [3.63, 3.8) is 0 Å². The van der Waals surface area contributed by atoms with Gasteiger partial charge in [0.25, 0.3) is 0 Å². The van der Waals surface area contributed by atoms with Crippen molar-refractivity contribution in [2.45, 2.75) is 33.6 Å². The highest BCUT2D eigenvalue weighted by Crippen LogP contribution is 2.19. The normalized spacial score (nSPS) is 20.1. The fourth-order valence-electron chi connectivity index (χ4n) is 2.99. The Morgan fingerprint density at radius 2 is 1.95 bits per heavy atom. The van der Waals surface area contributed by atoms with Gasteiger partial charge >= 0.3 is 0 Å². The van der Waals surface area contributed by atoms with E-state index in [1.165, 1.54) is 11.1 Å². The first kappa shape index (κ1) is 15.2. The van der Waals surface area contributed by atoms with Gasteiger partial charge in [0.2, 0.25) is 0 Å². The maximum Gasteiger partial charge on any atom is 0.177 e. The molecule has 3 nitrogen and oxygen atoms in total. The van der Waals surface area contributed by atoms with Gasteiger partial charge in [-0.25, -0.2) is 0 Å². The summed E-state index contributed by atoms with van der Waals surface area (Å²) in [6.07, 6.45) is 2.15. The molecule has 3 heteroatoms. The summed E-state index contributed by atoms with van der Waals surface area (Å²) in [6.45, 7) is 8.64. The molecule has 0 bridgehead atoms. The number of carbonyl (C=O) groups excluding carboxylic acids is 1. The fourth-order valence-corrected chi connectivity index (χ4v) is 2.99. The van der Waals surface area contributed by atoms with Crippen LogP contribution in [0, 0.1) is 26.7 Å². The van der Waals surface area contributed by atoms with E-state index in [2.05, 4.69) is 17.9 Å². The predicted molar refractivity (Wildman–Crippen MR) is 81.2 cm³/mol. The molecule has 20 heavy (non-hydrogen) atoms. The Morgan fingerprint density at radius 3 is 2.65 bits per heavy atom. The Bertz CT molecular complexity index is 496. The Kier molecular flexibility index (Phi) is 4.95. The molecule has 0 aliphatic carbocycles. The monoisotopic (exact) mass is 275 g/mol. The molecule has 0 amide bonds. The lowest BCUT2D eigenvalue weighted by Crippen LogP contribution is -2.40. The van der Waals surface area contributed by atoms with E-state index in [1.807, 2.05) is 19.9 Å². The van der Waals surface area contributed by atoms with E-state index < -0.39 is 0 Å². The quantitative estimate of drug-likeness (QED) is 0.858. The zero-order chi connectivity index (χ0) is 14.7. The largest absolute Gasteiger partial charge is 0.396 e. The number of aliphatic hydroxyl groups is 1. The van der Waals surface area contributed by atoms with Crippen molar-refractivity contribution in [1.29, 1.82) is 0 Å². The zero-order valence-electron chi connectivity index (χ0n) is 12.8. The Labute approximate surface area is 121 Å². The molecule has 1 aliphatic rings. The van der Waals surface area contributed by atoms with Crippen molar-refractivity contribution < 1.29 is 9.90 Å². The average Bonchev–Trinajstić information content (AvgIpc) is 2.43. The summed E-state index contributed by atoms with van der Waals surface area (Å²) in [5, 5.41) is 9.26. The number of aryl methyl sites for hydroxylation is 3. The molecule has 1 aromatic rings. The third-order valence-electron chi connectivity index (χ3n) is 4.37. The van der Waals surface area contributed by atoms with Crippen LogP contribution in [0.25, 0.3) is 0 Å². The highest BCUT2D eigenvalue weighted by atomic mass is 16.3. The predicted octanol–water partition coefficient (Wildman–Crippen LogP) is 2.50. The van der Waals surface area contributed by atoms with Gasteiger partial charge in [-0.05, 0) is 68.8 Å². The van der Waals surface area contributed by atoms with Gasteiger partial charge in [-0.1, -0.05) is 6.07 Å². The van der Waals surface area contributed by atoms with Crippen molar-refractivity contribution in [3.05, 3.63) is 34.4 Å². The van der Waals surface area contributed by atoms with Crippen LogP contribution in [0.2, 0.25) is 0 Å². The maximum absolute atomic E-state index is 12.5. The summed E-state index contributed by atoms with van der Waals surface area (Å²) in [6, 6.07) is 4.11. The number of aliphatic hydroxyl groups excluding tert-OH is 1. The lowest BCUT2D eigenvalue weighted by molar-refractivity contribution is 0.0833. The lowest BCUT2D eigenvalue weighted by Gasteiger charge is -2.31. The third kappa shape index (κ3) is 3.47. The Morgan fingerprint density at radius 1 is 1.25 bits per heavy atom. The van der Waals surface area contributed by atoms with E-state index in [9.17, 15) is 9.90 Å². The Balaban J connectivity index is 2.06. The zero-order valence-corrected chi connectivity index (χ0v) is 12.8. The molecule has 0 saturated carbocycles.